The first-order valence-electron chi connectivity index (χ1n) is 20.0. The highest BCUT2D eigenvalue weighted by atomic mass is 16.6. The molecule has 0 spiro atoms. The van der Waals surface area contributed by atoms with Gasteiger partial charge in [-0.3, -0.25) is 38.8 Å². The van der Waals surface area contributed by atoms with Crippen LogP contribution in [-0.2, 0) is 33.4 Å². The summed E-state index contributed by atoms with van der Waals surface area (Å²) >= 11 is 0. The fraction of sp³-hybridized carbons (Fsp3) is 0.558. The molecule has 0 bridgehead atoms. The predicted octanol–water partition coefficient (Wildman–Crippen LogP) is 5.54. The topological polar surface area (TPSA) is 179 Å². The van der Waals surface area contributed by atoms with Crippen molar-refractivity contribution in [1.82, 2.24) is 24.6 Å². The molecule has 3 aromatic rings. The number of fused-ring (bicyclic) bond motifs is 1. The Morgan fingerprint density at radius 1 is 0.593 bits per heavy atom. The van der Waals surface area contributed by atoms with Gasteiger partial charge in [0.15, 0.2) is 5.82 Å². The molecule has 1 fully saturated rings. The first kappa shape index (κ1) is 46.7. The van der Waals surface area contributed by atoms with Crippen LogP contribution in [0.4, 0.5) is 17.2 Å². The number of hydrogen-bond acceptors (Lipinski definition) is 15. The third-order valence-electron chi connectivity index (χ3n) is 8.80. The fourth-order valence-corrected chi connectivity index (χ4v) is 6.33. The van der Waals surface area contributed by atoms with Gasteiger partial charge in [-0.05, 0) is 92.6 Å². The molecule has 0 aliphatic carbocycles. The lowest BCUT2D eigenvalue weighted by atomic mass is 10.1. The molecule has 1 aliphatic rings. The Morgan fingerprint density at radius 2 is 1.05 bits per heavy atom. The van der Waals surface area contributed by atoms with E-state index in [4.69, 9.17) is 14.2 Å². The van der Waals surface area contributed by atoms with E-state index in [1.807, 2.05) is 81.9 Å². The number of azo groups is 1. The molecule has 2 heterocycles. The second-order valence-corrected chi connectivity index (χ2v) is 17.6. The van der Waals surface area contributed by atoms with E-state index in [1.54, 1.807) is 48.7 Å². The van der Waals surface area contributed by atoms with E-state index < -0.39 is 16.8 Å². The van der Waals surface area contributed by atoms with Gasteiger partial charge in [-0.2, -0.15) is 0 Å². The second-order valence-electron chi connectivity index (χ2n) is 17.6. The van der Waals surface area contributed by atoms with Crippen LogP contribution in [0.2, 0.25) is 0 Å². The zero-order valence-corrected chi connectivity index (χ0v) is 36.1. The van der Waals surface area contributed by atoms with Crippen molar-refractivity contribution >= 4 is 51.8 Å². The van der Waals surface area contributed by atoms with Crippen LogP contribution in [0.15, 0.2) is 65.0 Å². The molecule has 0 atom stereocenters. The molecule has 1 aliphatic heterocycles. The standard InChI is InChI=1S/C43H62N8O8/c1-41(2,3)57-37(54)28-49-21-19-48(20-22-50(29-38(55)58-42(4,5)6)24-26-51(25-23-49)30-39(56)59-43(7,8)9)27-36(53)45-33-14-12-13-32-31(33)16-17-34(52)40(32)47-46-35-15-10-11-18-44-35/h10-18,52H,19-30H2,1-9H3,(H,45,53). The Morgan fingerprint density at radius 3 is 1.47 bits per heavy atom. The molecule has 16 heteroatoms. The monoisotopic (exact) mass is 818 g/mol. The molecule has 4 rings (SSSR count). The predicted molar refractivity (Wildman–Crippen MR) is 226 cm³/mol. The first-order chi connectivity index (χ1) is 27.6. The highest BCUT2D eigenvalue weighted by Gasteiger charge is 2.26. The molecule has 2 aromatic carbocycles. The van der Waals surface area contributed by atoms with Crippen molar-refractivity contribution in [2.75, 3.05) is 83.9 Å². The van der Waals surface area contributed by atoms with Gasteiger partial charge in [-0.15, -0.1) is 10.2 Å². The Kier molecular flexibility index (Phi) is 16.4. The number of carbonyl (C=O) groups is 4. The van der Waals surface area contributed by atoms with Gasteiger partial charge in [0.1, 0.15) is 28.2 Å². The normalized spacial score (nSPS) is 16.3. The molecule has 16 nitrogen and oxygen atoms in total. The van der Waals surface area contributed by atoms with Crippen LogP contribution in [0.3, 0.4) is 0 Å². The van der Waals surface area contributed by atoms with Gasteiger partial charge in [0.25, 0.3) is 0 Å². The molecule has 1 amide bonds. The first-order valence-corrected chi connectivity index (χ1v) is 20.0. The number of amides is 1. The number of aromatic nitrogens is 1. The minimum absolute atomic E-state index is 0.00599. The molecular formula is C43H62N8O8. The fourth-order valence-electron chi connectivity index (χ4n) is 6.33. The third-order valence-corrected chi connectivity index (χ3v) is 8.80. The maximum absolute atomic E-state index is 13.9. The van der Waals surface area contributed by atoms with Gasteiger partial charge < -0.3 is 24.6 Å². The zero-order valence-electron chi connectivity index (χ0n) is 36.1. The molecule has 59 heavy (non-hydrogen) atoms. The number of phenolic OH excluding ortho intramolecular Hbond substituents is 1. The van der Waals surface area contributed by atoms with Crippen molar-refractivity contribution in [3.63, 3.8) is 0 Å². The SMILES string of the molecule is CC(C)(C)OC(=O)CN1CCN(CC(=O)Nc2cccc3c(N=Nc4ccccn4)c(O)ccc23)CCN(CC(=O)OC(C)(C)C)CCN(CC(=O)OC(C)(C)C)CC1. The molecule has 322 valence electrons. The zero-order chi connectivity index (χ0) is 43.4. The summed E-state index contributed by atoms with van der Waals surface area (Å²) in [4.78, 5) is 65.1. The molecular weight excluding hydrogens is 757 g/mol. The number of anilines is 1. The maximum atomic E-state index is 13.9. The molecule has 0 unspecified atom stereocenters. The number of carbonyl (C=O) groups excluding carboxylic acids is 4. The lowest BCUT2D eigenvalue weighted by molar-refractivity contribution is -0.158. The summed E-state index contributed by atoms with van der Waals surface area (Å²) in [7, 11) is 0. The quantitative estimate of drug-likeness (QED) is 0.140. The Balaban J connectivity index is 1.57. The Bertz CT molecular complexity index is 1870. The van der Waals surface area contributed by atoms with Gasteiger partial charge in [-0.25, -0.2) is 4.98 Å². The second kappa shape index (κ2) is 20.8. The minimum Gasteiger partial charge on any atom is -0.506 e. The number of phenols is 1. The van der Waals surface area contributed by atoms with Crippen LogP contribution in [0.25, 0.3) is 10.8 Å². The summed E-state index contributed by atoms with van der Waals surface area (Å²) < 4.78 is 17.0. The summed E-state index contributed by atoms with van der Waals surface area (Å²) in [6, 6.07) is 13.8. The number of nitrogens with one attached hydrogen (secondary N) is 1. The number of esters is 3. The van der Waals surface area contributed by atoms with E-state index in [1.165, 1.54) is 6.07 Å². The van der Waals surface area contributed by atoms with E-state index in [0.29, 0.717) is 74.6 Å². The van der Waals surface area contributed by atoms with E-state index in [9.17, 15) is 24.3 Å². The number of nitrogens with zero attached hydrogens (tertiary/aromatic N) is 7. The number of rotatable bonds is 11. The van der Waals surface area contributed by atoms with Crippen LogP contribution in [-0.4, -0.2) is 149 Å². The molecule has 0 saturated carbocycles. The molecule has 0 radical (unpaired) electrons. The minimum atomic E-state index is -0.670. The van der Waals surface area contributed by atoms with Crippen molar-refractivity contribution in [2.45, 2.75) is 79.1 Å². The number of pyridine rings is 1. The highest BCUT2D eigenvalue weighted by Crippen LogP contribution is 2.38. The van der Waals surface area contributed by atoms with Gasteiger partial charge >= 0.3 is 17.9 Å². The van der Waals surface area contributed by atoms with E-state index in [0.717, 1.165) is 0 Å². The van der Waals surface area contributed by atoms with Crippen LogP contribution >= 0.6 is 0 Å². The van der Waals surface area contributed by atoms with Gasteiger partial charge in [0, 0.05) is 75.0 Å². The van der Waals surface area contributed by atoms with Gasteiger partial charge in [0.05, 0.1) is 26.2 Å². The number of aromatic hydroxyl groups is 1. The van der Waals surface area contributed by atoms with Crippen LogP contribution in [0, 0.1) is 0 Å². The van der Waals surface area contributed by atoms with E-state index >= 15 is 0 Å². The smallest absolute Gasteiger partial charge is 0.320 e. The number of benzene rings is 2. The lowest BCUT2D eigenvalue weighted by Crippen LogP contribution is -2.50. The molecule has 1 saturated heterocycles. The van der Waals surface area contributed by atoms with Gasteiger partial charge in [-0.1, -0.05) is 18.2 Å². The van der Waals surface area contributed by atoms with E-state index in [-0.39, 0.29) is 61.4 Å². The Labute approximate surface area is 347 Å². The Hall–Kier alpha value is -5.03. The maximum Gasteiger partial charge on any atom is 0.320 e. The van der Waals surface area contributed by atoms with Crippen LogP contribution in [0.5, 0.6) is 5.75 Å². The van der Waals surface area contributed by atoms with Crippen molar-refractivity contribution < 1.29 is 38.5 Å². The number of hydrogen-bond donors (Lipinski definition) is 2. The summed E-state index contributed by atoms with van der Waals surface area (Å²) in [5, 5.41) is 23.5. The summed E-state index contributed by atoms with van der Waals surface area (Å²) in [6.07, 6.45) is 1.60. The summed E-state index contributed by atoms with van der Waals surface area (Å²) in [5.74, 6) is -1.09. The molecule has 1 aromatic heterocycles. The van der Waals surface area contributed by atoms with Gasteiger partial charge in [0.2, 0.25) is 5.91 Å². The van der Waals surface area contributed by atoms with Crippen molar-refractivity contribution in [3.8, 4) is 5.75 Å². The van der Waals surface area contributed by atoms with Crippen molar-refractivity contribution in [2.24, 2.45) is 10.2 Å². The lowest BCUT2D eigenvalue weighted by Gasteiger charge is -2.34. The summed E-state index contributed by atoms with van der Waals surface area (Å²) in [5.41, 5.74) is -1.23. The third kappa shape index (κ3) is 17.0. The highest BCUT2D eigenvalue weighted by molar-refractivity contribution is 6.07. The average Bonchev–Trinajstić information content (AvgIpc) is 3.10. The largest absolute Gasteiger partial charge is 0.506 e. The average molecular weight is 819 g/mol. The van der Waals surface area contributed by atoms with Crippen molar-refractivity contribution in [3.05, 3.63) is 54.7 Å². The van der Waals surface area contributed by atoms with Crippen LogP contribution in [0.1, 0.15) is 62.3 Å². The van der Waals surface area contributed by atoms with Crippen molar-refractivity contribution in [1.29, 1.82) is 0 Å². The molecule has 2 N–H and O–H groups in total. The summed E-state index contributed by atoms with van der Waals surface area (Å²) in [6.45, 7) is 19.8. The van der Waals surface area contributed by atoms with E-state index in [2.05, 4.69) is 20.5 Å². The number of ether oxygens (including phenoxy) is 3. The van der Waals surface area contributed by atoms with Crippen LogP contribution < -0.4 is 5.32 Å².